The van der Waals surface area contributed by atoms with E-state index in [2.05, 4.69) is 10.3 Å². The van der Waals surface area contributed by atoms with E-state index in [-0.39, 0.29) is 10.8 Å². The van der Waals surface area contributed by atoms with E-state index in [1.807, 2.05) is 4.90 Å². The van der Waals surface area contributed by atoms with E-state index in [1.165, 1.54) is 6.20 Å². The molecular formula is C15H17N3O4S. The molecular weight excluding hydrogens is 318 g/mol. The van der Waals surface area contributed by atoms with Crippen LogP contribution in [0, 0.1) is 0 Å². The molecule has 122 valence electrons. The highest BCUT2D eigenvalue weighted by Crippen LogP contribution is 2.39. The molecule has 2 aromatic rings. The minimum Gasteiger partial charge on any atom is -0.508 e. The number of ether oxygens (including phenoxy) is 1. The van der Waals surface area contributed by atoms with Gasteiger partial charge in [-0.05, 0) is 18.2 Å². The molecule has 0 radical (unpaired) electrons. The van der Waals surface area contributed by atoms with Crippen molar-refractivity contribution in [2.24, 2.45) is 0 Å². The molecule has 0 atom stereocenters. The highest BCUT2D eigenvalue weighted by molar-refractivity contribution is 7.90. The zero-order valence-corrected chi connectivity index (χ0v) is 13.6. The SMILES string of the molecule is CNc1cc(N2CCOc3ccc(O)cc32)cnc1S(C)(=O)=O. The van der Waals surface area contributed by atoms with Gasteiger partial charge in [0.05, 0.1) is 29.8 Å². The van der Waals surface area contributed by atoms with Gasteiger partial charge in [-0.2, -0.15) is 0 Å². The van der Waals surface area contributed by atoms with Crippen molar-refractivity contribution in [2.45, 2.75) is 5.03 Å². The molecule has 0 amide bonds. The van der Waals surface area contributed by atoms with Gasteiger partial charge in [0.25, 0.3) is 0 Å². The molecule has 8 heteroatoms. The summed E-state index contributed by atoms with van der Waals surface area (Å²) in [6, 6.07) is 6.60. The maximum Gasteiger partial charge on any atom is 0.194 e. The molecule has 1 aliphatic heterocycles. The van der Waals surface area contributed by atoms with Crippen LogP contribution in [0.2, 0.25) is 0 Å². The lowest BCUT2D eigenvalue weighted by molar-refractivity contribution is 0.313. The van der Waals surface area contributed by atoms with Crippen LogP contribution in [-0.2, 0) is 9.84 Å². The van der Waals surface area contributed by atoms with Crippen LogP contribution in [0.25, 0.3) is 0 Å². The number of aromatic hydroxyl groups is 1. The predicted molar refractivity (Wildman–Crippen MR) is 87.5 cm³/mol. The first kappa shape index (κ1) is 15.4. The maximum atomic E-state index is 11.8. The van der Waals surface area contributed by atoms with E-state index in [1.54, 1.807) is 31.3 Å². The van der Waals surface area contributed by atoms with E-state index < -0.39 is 9.84 Å². The van der Waals surface area contributed by atoms with Crippen LogP contribution in [0.4, 0.5) is 17.1 Å². The third kappa shape index (κ3) is 2.89. The molecule has 1 aromatic heterocycles. The van der Waals surface area contributed by atoms with Crippen LogP contribution in [-0.4, -0.2) is 45.0 Å². The van der Waals surface area contributed by atoms with E-state index in [4.69, 9.17) is 4.74 Å². The van der Waals surface area contributed by atoms with Crippen LogP contribution >= 0.6 is 0 Å². The molecule has 0 aliphatic carbocycles. The first-order valence-corrected chi connectivity index (χ1v) is 8.90. The second-order valence-electron chi connectivity index (χ2n) is 5.22. The minimum atomic E-state index is -3.42. The zero-order valence-electron chi connectivity index (χ0n) is 12.8. The number of aromatic nitrogens is 1. The summed E-state index contributed by atoms with van der Waals surface area (Å²) in [4.78, 5) is 6.02. The largest absolute Gasteiger partial charge is 0.508 e. The van der Waals surface area contributed by atoms with E-state index >= 15 is 0 Å². The van der Waals surface area contributed by atoms with Crippen LogP contribution < -0.4 is 15.0 Å². The third-order valence-corrected chi connectivity index (χ3v) is 4.60. The number of hydrogen-bond acceptors (Lipinski definition) is 7. The van der Waals surface area contributed by atoms with E-state index in [0.717, 1.165) is 11.9 Å². The lowest BCUT2D eigenvalue weighted by Crippen LogP contribution is -2.28. The maximum absolute atomic E-state index is 11.8. The zero-order chi connectivity index (χ0) is 16.6. The number of phenols is 1. The van der Waals surface area contributed by atoms with E-state index in [0.29, 0.717) is 30.3 Å². The number of nitrogens with zero attached hydrogens (tertiary/aromatic N) is 2. The molecule has 2 N–H and O–H groups in total. The summed E-state index contributed by atoms with van der Waals surface area (Å²) in [6.07, 6.45) is 2.63. The van der Waals surface area contributed by atoms with Crippen LogP contribution in [0.15, 0.2) is 35.5 Å². The lowest BCUT2D eigenvalue weighted by Gasteiger charge is -2.31. The van der Waals surface area contributed by atoms with Crippen molar-refractivity contribution in [3.63, 3.8) is 0 Å². The Morgan fingerprint density at radius 2 is 2.13 bits per heavy atom. The first-order chi connectivity index (χ1) is 10.9. The Morgan fingerprint density at radius 1 is 1.35 bits per heavy atom. The molecule has 2 heterocycles. The van der Waals surface area contributed by atoms with Crippen LogP contribution in [0.1, 0.15) is 0 Å². The standard InChI is InChI=1S/C15H17N3O4S/c1-16-12-7-10(9-17-15(12)23(2,20)21)18-5-6-22-14-4-3-11(19)8-13(14)18/h3-4,7-9,16,19H,5-6H2,1-2H3. The van der Waals surface area contributed by atoms with Gasteiger partial charge >= 0.3 is 0 Å². The number of phenolic OH excluding ortho intramolecular Hbond substituents is 1. The number of fused-ring (bicyclic) bond motifs is 1. The highest BCUT2D eigenvalue weighted by Gasteiger charge is 2.22. The van der Waals surface area contributed by atoms with Gasteiger partial charge in [0, 0.05) is 19.4 Å². The third-order valence-electron chi connectivity index (χ3n) is 3.57. The van der Waals surface area contributed by atoms with Crippen LogP contribution in [0.3, 0.4) is 0 Å². The summed E-state index contributed by atoms with van der Waals surface area (Å²) in [6.45, 7) is 1.06. The van der Waals surface area contributed by atoms with Crippen molar-refractivity contribution in [1.82, 2.24) is 4.98 Å². The Balaban J connectivity index is 2.09. The Labute approximate surface area is 134 Å². The second kappa shape index (κ2) is 5.62. The van der Waals surface area contributed by atoms with Gasteiger partial charge in [0.2, 0.25) is 0 Å². The average Bonchev–Trinajstić information content (AvgIpc) is 2.52. The lowest BCUT2D eigenvalue weighted by atomic mass is 10.2. The molecule has 1 aromatic carbocycles. The molecule has 0 fully saturated rings. The summed E-state index contributed by atoms with van der Waals surface area (Å²) in [7, 11) is -1.77. The van der Waals surface area contributed by atoms with Gasteiger partial charge < -0.3 is 20.1 Å². The van der Waals surface area contributed by atoms with Crippen molar-refractivity contribution < 1.29 is 18.3 Å². The summed E-state index contributed by atoms with van der Waals surface area (Å²) in [5, 5.41) is 12.6. The molecule has 0 unspecified atom stereocenters. The Hall–Kier alpha value is -2.48. The summed E-state index contributed by atoms with van der Waals surface area (Å²) in [5.74, 6) is 0.793. The molecule has 1 aliphatic rings. The molecule has 0 saturated heterocycles. The van der Waals surface area contributed by atoms with Gasteiger partial charge in [0.15, 0.2) is 14.9 Å². The Kier molecular flexibility index (Phi) is 3.77. The smallest absolute Gasteiger partial charge is 0.194 e. The van der Waals surface area contributed by atoms with Crippen molar-refractivity contribution in [1.29, 1.82) is 0 Å². The second-order valence-corrected chi connectivity index (χ2v) is 7.15. The van der Waals surface area contributed by atoms with E-state index in [9.17, 15) is 13.5 Å². The Bertz CT molecular complexity index is 852. The molecule has 0 saturated carbocycles. The normalized spacial score (nSPS) is 14.1. The number of rotatable bonds is 3. The predicted octanol–water partition coefficient (Wildman–Crippen LogP) is 1.76. The van der Waals surface area contributed by atoms with Gasteiger partial charge in [-0.25, -0.2) is 13.4 Å². The fraction of sp³-hybridized carbons (Fsp3) is 0.267. The van der Waals surface area contributed by atoms with Gasteiger partial charge in [-0.3, -0.25) is 0 Å². The van der Waals surface area contributed by atoms with Gasteiger partial charge in [0.1, 0.15) is 18.1 Å². The molecule has 0 bridgehead atoms. The highest BCUT2D eigenvalue weighted by atomic mass is 32.2. The molecule has 0 spiro atoms. The summed E-state index contributed by atoms with van der Waals surface area (Å²) in [5.41, 5.74) is 1.86. The van der Waals surface area contributed by atoms with Gasteiger partial charge in [-0.15, -0.1) is 0 Å². The van der Waals surface area contributed by atoms with Gasteiger partial charge in [-0.1, -0.05) is 0 Å². The molecule has 23 heavy (non-hydrogen) atoms. The van der Waals surface area contributed by atoms with Crippen molar-refractivity contribution in [3.8, 4) is 11.5 Å². The topological polar surface area (TPSA) is 91.8 Å². The number of anilines is 3. The summed E-state index contributed by atoms with van der Waals surface area (Å²) >= 11 is 0. The number of sulfone groups is 1. The number of hydrogen-bond donors (Lipinski definition) is 2. The van der Waals surface area contributed by atoms with Crippen molar-refractivity contribution in [3.05, 3.63) is 30.5 Å². The fourth-order valence-corrected chi connectivity index (χ4v) is 3.34. The van der Waals surface area contributed by atoms with Crippen LogP contribution in [0.5, 0.6) is 11.5 Å². The average molecular weight is 335 g/mol. The Morgan fingerprint density at radius 3 is 2.83 bits per heavy atom. The number of pyridine rings is 1. The monoisotopic (exact) mass is 335 g/mol. The first-order valence-electron chi connectivity index (χ1n) is 7.01. The quantitative estimate of drug-likeness (QED) is 0.883. The number of nitrogens with one attached hydrogen (secondary N) is 1. The number of benzene rings is 1. The van der Waals surface area contributed by atoms with Crippen molar-refractivity contribution in [2.75, 3.05) is 36.7 Å². The molecule has 3 rings (SSSR count). The minimum absolute atomic E-state index is 0.00754. The molecule has 7 nitrogen and oxygen atoms in total. The summed E-state index contributed by atoms with van der Waals surface area (Å²) < 4.78 is 29.1. The van der Waals surface area contributed by atoms with Crippen molar-refractivity contribution >= 4 is 26.9 Å². The fourth-order valence-electron chi connectivity index (χ4n) is 2.54.